The first-order chi connectivity index (χ1) is 15.6. The second kappa shape index (κ2) is 28.9. The number of nitriles is 2. The third kappa shape index (κ3) is 30.1. The fourth-order valence-corrected chi connectivity index (χ4v) is 2.95. The maximum absolute atomic E-state index is 10.9. The van der Waals surface area contributed by atoms with E-state index in [1.165, 1.54) is 84.2 Å². The molecule has 0 fully saturated rings. The normalized spacial score (nSPS) is 9.75. The number of ether oxygens (including phenoxy) is 3. The summed E-state index contributed by atoms with van der Waals surface area (Å²) < 4.78 is 14.1. The first-order valence-corrected chi connectivity index (χ1v) is 12.2. The van der Waals surface area contributed by atoms with E-state index >= 15 is 0 Å². The van der Waals surface area contributed by atoms with Crippen molar-refractivity contribution in [3.63, 3.8) is 0 Å². The molecule has 0 aliphatic heterocycles. The smallest absolute Gasteiger partial charge is 0.320 e. The van der Waals surface area contributed by atoms with E-state index in [2.05, 4.69) is 16.4 Å². The van der Waals surface area contributed by atoms with Crippen LogP contribution in [-0.2, 0) is 23.8 Å². The van der Waals surface area contributed by atoms with E-state index in [1.807, 2.05) is 0 Å². The third-order valence-electron chi connectivity index (χ3n) is 4.76. The first-order valence-electron chi connectivity index (χ1n) is 12.2. The minimum absolute atomic E-state index is 0.126. The third-order valence-corrected chi connectivity index (χ3v) is 4.76. The van der Waals surface area contributed by atoms with E-state index in [0.717, 1.165) is 12.8 Å². The van der Waals surface area contributed by atoms with Crippen LogP contribution >= 0.6 is 0 Å². The Hall–Kier alpha value is -2.12. The van der Waals surface area contributed by atoms with Gasteiger partial charge in [0.15, 0.2) is 0 Å². The van der Waals surface area contributed by atoms with Crippen LogP contribution in [0.2, 0.25) is 0 Å². The molecule has 0 aliphatic rings. The zero-order chi connectivity index (χ0) is 24.1. The molecule has 0 saturated carbocycles. The molecule has 0 aromatic rings. The van der Waals surface area contributed by atoms with E-state index in [0.29, 0.717) is 13.2 Å². The number of unbranched alkanes of at least 4 members (excludes halogenated alkanes) is 13. The fourth-order valence-electron chi connectivity index (χ4n) is 2.95. The van der Waals surface area contributed by atoms with Crippen molar-refractivity contribution in [2.45, 2.75) is 110 Å². The van der Waals surface area contributed by atoms with Crippen molar-refractivity contribution < 1.29 is 23.8 Å². The van der Waals surface area contributed by atoms with Crippen molar-refractivity contribution >= 4 is 11.9 Å². The molecule has 0 heterocycles. The van der Waals surface area contributed by atoms with Gasteiger partial charge in [-0.25, -0.2) is 0 Å². The SMILES string of the molecule is CCCCCCCCCCCCCCCCOC(=O)CC#N.COCCOC(=O)CC#N. The summed E-state index contributed by atoms with van der Waals surface area (Å²) in [6.45, 7) is 3.33. The van der Waals surface area contributed by atoms with Gasteiger partial charge >= 0.3 is 11.9 Å². The van der Waals surface area contributed by atoms with Gasteiger partial charge in [0, 0.05) is 7.11 Å². The second-order valence-corrected chi connectivity index (χ2v) is 7.70. The lowest BCUT2D eigenvalue weighted by molar-refractivity contribution is -0.144. The van der Waals surface area contributed by atoms with Crippen molar-refractivity contribution in [2.75, 3.05) is 26.9 Å². The minimum atomic E-state index is -0.500. The zero-order valence-corrected chi connectivity index (χ0v) is 20.4. The van der Waals surface area contributed by atoms with Crippen LogP contribution in [0.15, 0.2) is 0 Å². The summed E-state index contributed by atoms with van der Waals surface area (Å²) >= 11 is 0. The number of hydrogen-bond donors (Lipinski definition) is 0. The Balaban J connectivity index is 0. The highest BCUT2D eigenvalue weighted by atomic mass is 16.6. The standard InChI is InChI=1S/C19H35NO2.C6H9NO3/c1-2-3-4-5-6-7-8-9-10-11-12-13-14-15-18-22-19(21)16-17-20;1-9-4-5-10-6(8)2-3-7/h2-16,18H2,1H3;2,4-5H2,1H3. The predicted octanol–water partition coefficient (Wildman–Crippen LogP) is 6.01. The molecule has 7 nitrogen and oxygen atoms in total. The summed E-state index contributed by atoms with van der Waals surface area (Å²) in [6.07, 6.45) is 18.2. The van der Waals surface area contributed by atoms with Gasteiger partial charge in [-0.3, -0.25) is 9.59 Å². The highest BCUT2D eigenvalue weighted by Gasteiger charge is 2.00. The maximum Gasteiger partial charge on any atom is 0.320 e. The Bertz CT molecular complexity index is 511. The van der Waals surface area contributed by atoms with E-state index in [4.69, 9.17) is 15.3 Å². The summed E-state index contributed by atoms with van der Waals surface area (Å²) in [5.74, 6) is -0.892. The number of rotatable bonds is 20. The monoisotopic (exact) mass is 452 g/mol. The summed E-state index contributed by atoms with van der Waals surface area (Å²) in [5, 5.41) is 16.3. The van der Waals surface area contributed by atoms with E-state index in [1.54, 1.807) is 12.1 Å². The summed E-state index contributed by atoms with van der Waals surface area (Å²) in [5.41, 5.74) is 0. The molecule has 0 aliphatic carbocycles. The molecule has 0 aromatic heterocycles. The largest absolute Gasteiger partial charge is 0.465 e. The molecule has 0 atom stereocenters. The second-order valence-electron chi connectivity index (χ2n) is 7.70. The van der Waals surface area contributed by atoms with E-state index in [9.17, 15) is 9.59 Å². The topological polar surface area (TPSA) is 109 Å². The van der Waals surface area contributed by atoms with Crippen LogP contribution in [0.1, 0.15) is 110 Å². The van der Waals surface area contributed by atoms with E-state index < -0.39 is 11.9 Å². The van der Waals surface area contributed by atoms with Crippen LogP contribution < -0.4 is 0 Å². The van der Waals surface area contributed by atoms with Gasteiger partial charge in [0.2, 0.25) is 0 Å². The Morgan fingerprint density at radius 1 is 0.594 bits per heavy atom. The number of carbonyl (C=O) groups excluding carboxylic acids is 2. The lowest BCUT2D eigenvalue weighted by Gasteiger charge is -2.04. The molecule has 32 heavy (non-hydrogen) atoms. The lowest BCUT2D eigenvalue weighted by atomic mass is 10.0. The van der Waals surface area contributed by atoms with Gasteiger partial charge in [0.1, 0.15) is 19.4 Å². The Morgan fingerprint density at radius 2 is 0.969 bits per heavy atom. The molecule has 0 radical (unpaired) electrons. The van der Waals surface area contributed by atoms with Gasteiger partial charge in [0.25, 0.3) is 0 Å². The average Bonchev–Trinajstić information content (AvgIpc) is 2.77. The maximum atomic E-state index is 10.9. The molecule has 0 saturated heterocycles. The van der Waals surface area contributed by atoms with Crippen LogP contribution in [0.3, 0.4) is 0 Å². The van der Waals surface area contributed by atoms with Crippen LogP contribution in [0.5, 0.6) is 0 Å². The predicted molar refractivity (Wildman–Crippen MR) is 125 cm³/mol. The number of carbonyl (C=O) groups is 2. The number of methoxy groups -OCH3 is 1. The molecule has 184 valence electrons. The minimum Gasteiger partial charge on any atom is -0.465 e. The molecule has 7 heteroatoms. The molecular formula is C25H44N2O5. The number of hydrogen-bond acceptors (Lipinski definition) is 7. The van der Waals surface area contributed by atoms with Crippen molar-refractivity contribution in [1.82, 2.24) is 0 Å². The van der Waals surface area contributed by atoms with Gasteiger partial charge in [-0.2, -0.15) is 10.5 Å². The highest BCUT2D eigenvalue weighted by Crippen LogP contribution is 2.12. The Labute approximate surface area is 195 Å². The molecule has 0 unspecified atom stereocenters. The van der Waals surface area contributed by atoms with Gasteiger partial charge < -0.3 is 14.2 Å². The Morgan fingerprint density at radius 3 is 1.34 bits per heavy atom. The summed E-state index contributed by atoms with van der Waals surface area (Å²) in [7, 11) is 1.51. The zero-order valence-electron chi connectivity index (χ0n) is 20.4. The molecular weight excluding hydrogens is 408 g/mol. The van der Waals surface area contributed by atoms with Crippen LogP contribution in [0, 0.1) is 22.7 Å². The Kier molecular flexibility index (Phi) is 28.9. The lowest BCUT2D eigenvalue weighted by Crippen LogP contribution is -2.08. The van der Waals surface area contributed by atoms with Gasteiger partial charge in [-0.05, 0) is 6.42 Å². The van der Waals surface area contributed by atoms with Crippen LogP contribution in [-0.4, -0.2) is 38.9 Å². The van der Waals surface area contributed by atoms with E-state index in [-0.39, 0.29) is 19.4 Å². The van der Waals surface area contributed by atoms with Gasteiger partial charge in [-0.15, -0.1) is 0 Å². The molecule has 0 amide bonds. The molecule has 0 aromatic carbocycles. The van der Waals surface area contributed by atoms with Crippen molar-refractivity contribution in [3.05, 3.63) is 0 Å². The van der Waals surface area contributed by atoms with Crippen LogP contribution in [0.4, 0.5) is 0 Å². The number of nitrogens with zero attached hydrogens (tertiary/aromatic N) is 2. The first kappa shape index (κ1) is 32.1. The molecule has 0 rings (SSSR count). The van der Waals surface area contributed by atoms with Gasteiger partial charge in [0.05, 0.1) is 25.4 Å². The summed E-state index contributed by atoms with van der Waals surface area (Å²) in [6, 6.07) is 3.47. The average molecular weight is 453 g/mol. The molecule has 0 N–H and O–H groups in total. The number of esters is 2. The fraction of sp³-hybridized carbons (Fsp3) is 0.840. The van der Waals surface area contributed by atoms with Crippen LogP contribution in [0.25, 0.3) is 0 Å². The summed E-state index contributed by atoms with van der Waals surface area (Å²) in [4.78, 5) is 21.3. The molecule has 0 bridgehead atoms. The van der Waals surface area contributed by atoms with Crippen molar-refractivity contribution in [1.29, 1.82) is 10.5 Å². The van der Waals surface area contributed by atoms with Crippen molar-refractivity contribution in [2.24, 2.45) is 0 Å². The van der Waals surface area contributed by atoms with Gasteiger partial charge in [-0.1, -0.05) is 90.4 Å². The highest BCUT2D eigenvalue weighted by molar-refractivity contribution is 5.72. The quantitative estimate of drug-likeness (QED) is 0.164. The van der Waals surface area contributed by atoms with Crippen molar-refractivity contribution in [3.8, 4) is 12.1 Å². The molecule has 0 spiro atoms.